The molecule has 0 spiro atoms. The maximum Gasteiger partial charge on any atom is 2.00 e. The Morgan fingerprint density at radius 3 is 1.84 bits per heavy atom. The van der Waals surface area contributed by atoms with Crippen LogP contribution in [0.25, 0.3) is 0 Å². The second-order valence-corrected chi connectivity index (χ2v) is 3.55. The third-order valence-electron chi connectivity index (χ3n) is 1.75. The Labute approximate surface area is 122 Å². The van der Waals surface area contributed by atoms with Crippen molar-refractivity contribution in [1.82, 2.24) is 0 Å². The minimum Gasteiger partial charge on any atom is -0.598 e. The van der Waals surface area contributed by atoms with Gasteiger partial charge in [0.25, 0.3) is 14.2 Å². The van der Waals surface area contributed by atoms with Crippen LogP contribution in [0.15, 0.2) is 0 Å². The van der Waals surface area contributed by atoms with Gasteiger partial charge in [-0.05, 0) is 0 Å². The number of aliphatic hydroxyl groups excluding tert-OH is 4. The summed E-state index contributed by atoms with van der Waals surface area (Å²) in [6.07, 6.45) is -5.91. The number of carbonyl (C=O) groups excluding carboxylic acids is 1. The summed E-state index contributed by atoms with van der Waals surface area (Å²) in [5.74, 6) is -1.46. The Morgan fingerprint density at radius 2 is 1.63 bits per heavy atom. The fourth-order valence-corrected chi connectivity index (χ4v) is 0.725. The van der Waals surface area contributed by atoms with Gasteiger partial charge in [0.2, 0.25) is 5.72 Å². The molecule has 0 radical (unpaired) electrons. The molecular formula is C6H14N2O9PPt+. The minimum absolute atomic E-state index is 0. The molecule has 0 aromatic carbocycles. The van der Waals surface area contributed by atoms with Crippen LogP contribution >= 0.6 is 8.25 Å². The normalized spacial score (nSPS) is 17.7. The summed E-state index contributed by atoms with van der Waals surface area (Å²) in [6, 6.07) is 0. The van der Waals surface area contributed by atoms with Gasteiger partial charge in [0.15, 0.2) is 0 Å². The summed E-state index contributed by atoms with van der Waals surface area (Å²) in [4.78, 5) is 27.5. The van der Waals surface area contributed by atoms with Crippen LogP contribution in [0.3, 0.4) is 0 Å². The summed E-state index contributed by atoms with van der Waals surface area (Å²) in [5.41, 5.74) is 6.63. The third-order valence-corrected chi connectivity index (χ3v) is 1.75. The number of carbonyl (C=O) groups is 1. The van der Waals surface area contributed by atoms with Gasteiger partial charge in [0.05, 0.1) is 6.61 Å². The van der Waals surface area contributed by atoms with E-state index in [4.69, 9.17) is 45.6 Å². The molecule has 0 bridgehead atoms. The molecule has 116 valence electrons. The molecular weight excluding hydrogens is 470 g/mol. The first-order chi connectivity index (χ1) is 7.98. The van der Waals surface area contributed by atoms with Crippen molar-refractivity contribution in [2.24, 2.45) is 11.5 Å². The Kier molecular flexibility index (Phi) is 13.5. The van der Waals surface area contributed by atoms with Crippen LogP contribution in [0.2, 0.25) is 0 Å². The van der Waals surface area contributed by atoms with E-state index in [1.165, 1.54) is 0 Å². The summed E-state index contributed by atoms with van der Waals surface area (Å²) in [6.45, 7) is -0.868. The third kappa shape index (κ3) is 9.47. The number of aliphatic hydroxyl groups is 5. The summed E-state index contributed by atoms with van der Waals surface area (Å²) in [5, 5.41) is 44.5. The maximum absolute atomic E-state index is 10.5. The smallest absolute Gasteiger partial charge is 0.598 e. The first kappa shape index (κ1) is 24.0. The first-order valence-electron chi connectivity index (χ1n) is 4.26. The van der Waals surface area contributed by atoms with Crippen LogP contribution < -0.4 is 21.3 Å². The zero-order chi connectivity index (χ0) is 15.1. The summed E-state index contributed by atoms with van der Waals surface area (Å²) in [7, 11) is -3.37. The zero-order valence-corrected chi connectivity index (χ0v) is 12.4. The molecule has 0 aliphatic rings. The Balaban J connectivity index is -0.000000448. The topological polar surface area (TPSA) is 233 Å². The number of primary amides is 1. The minimum atomic E-state index is -3.37. The van der Waals surface area contributed by atoms with E-state index < -0.39 is 44.8 Å². The number of hydrogen-bond donors (Lipinski definition) is 7. The van der Waals surface area contributed by atoms with E-state index >= 15 is 0 Å². The number of nitrogens with two attached hydrogens (primary N) is 2. The van der Waals surface area contributed by atoms with Gasteiger partial charge in [-0.2, -0.15) is 0 Å². The van der Waals surface area contributed by atoms with Gasteiger partial charge in [-0.15, -0.1) is 0 Å². The van der Waals surface area contributed by atoms with Crippen molar-refractivity contribution in [2.45, 2.75) is 24.0 Å². The van der Waals surface area contributed by atoms with Gasteiger partial charge in [-0.3, -0.25) is 10.5 Å². The van der Waals surface area contributed by atoms with E-state index in [1.54, 1.807) is 0 Å². The molecule has 0 saturated heterocycles. The Bertz CT molecular complexity index is 288. The quantitative estimate of drug-likeness (QED) is 0.144. The van der Waals surface area contributed by atoms with Crippen molar-refractivity contribution >= 4 is 14.2 Å². The van der Waals surface area contributed by atoms with Crippen LogP contribution in [0.1, 0.15) is 0 Å². The van der Waals surface area contributed by atoms with E-state index in [2.05, 4.69) is 5.73 Å². The average molecular weight is 484 g/mol. The fraction of sp³-hybridized carbons (Fsp3) is 0.833. The monoisotopic (exact) mass is 484 g/mol. The van der Waals surface area contributed by atoms with Crippen molar-refractivity contribution in [3.8, 4) is 0 Å². The Morgan fingerprint density at radius 1 is 1.32 bits per heavy atom. The van der Waals surface area contributed by atoms with Gasteiger partial charge in [-0.25, -0.2) is 0 Å². The van der Waals surface area contributed by atoms with E-state index in [-0.39, 0.29) is 21.1 Å². The van der Waals surface area contributed by atoms with Crippen molar-refractivity contribution < 1.29 is 65.7 Å². The fourth-order valence-electron chi connectivity index (χ4n) is 0.725. The average Bonchev–Trinajstić information content (AvgIpc) is 2.24. The van der Waals surface area contributed by atoms with Crippen LogP contribution in [-0.2, 0) is 30.4 Å². The van der Waals surface area contributed by atoms with Crippen LogP contribution in [0, 0.1) is 0 Å². The molecule has 0 saturated carbocycles. The molecule has 11 nitrogen and oxygen atoms in total. The SMILES string of the molecule is NC(=O)[C@](N)(O)[C@@H](O)[C@H](O)[C@H](O)CO.O=[P+]([O-])[O-].[Pt+2]. The number of rotatable bonds is 5. The van der Waals surface area contributed by atoms with Crippen molar-refractivity contribution in [3.63, 3.8) is 0 Å². The predicted molar refractivity (Wildman–Crippen MR) is 51.0 cm³/mol. The van der Waals surface area contributed by atoms with Crippen molar-refractivity contribution in [2.75, 3.05) is 6.61 Å². The molecule has 9 N–H and O–H groups in total. The zero-order valence-electron chi connectivity index (χ0n) is 9.23. The number of hydrogen-bond acceptors (Lipinski definition) is 10. The standard InChI is InChI=1S/C6H14N2O6.HO3P.Pt/c7-5(13)6(8,14)4(12)3(11)2(10)1-9;1-4(2)3;/h2-4,9-12,14H,1,8H2,(H2,7,13);(H,1,2,3);/q;;+2/p-1/t2-,3-,4+,6-;;/m1../s1. The molecule has 0 aliphatic heterocycles. The van der Waals surface area contributed by atoms with Crippen LogP contribution in [0.5, 0.6) is 0 Å². The molecule has 0 heterocycles. The summed E-state index contributed by atoms with van der Waals surface area (Å²) < 4.78 is 8.48. The van der Waals surface area contributed by atoms with Crippen LogP contribution in [0.4, 0.5) is 0 Å². The first-order valence-corrected chi connectivity index (χ1v) is 5.35. The molecule has 0 aromatic rings. The maximum atomic E-state index is 10.5. The second-order valence-electron chi connectivity index (χ2n) is 3.10. The van der Waals surface area contributed by atoms with Crippen molar-refractivity contribution in [1.29, 1.82) is 0 Å². The van der Waals surface area contributed by atoms with E-state index in [1.807, 2.05) is 0 Å². The molecule has 0 aromatic heterocycles. The van der Waals surface area contributed by atoms with Gasteiger partial charge < -0.3 is 41.1 Å². The second kappa shape index (κ2) is 10.7. The molecule has 0 aliphatic carbocycles. The van der Waals surface area contributed by atoms with Gasteiger partial charge >= 0.3 is 21.1 Å². The largest absolute Gasteiger partial charge is 2.00 e. The van der Waals surface area contributed by atoms with Gasteiger partial charge in [0.1, 0.15) is 18.3 Å². The molecule has 0 rings (SSSR count). The van der Waals surface area contributed by atoms with E-state index in [9.17, 15) is 4.79 Å². The van der Waals surface area contributed by atoms with E-state index in [0.29, 0.717) is 0 Å². The molecule has 4 atom stereocenters. The van der Waals surface area contributed by atoms with Gasteiger partial charge in [-0.1, -0.05) is 4.57 Å². The van der Waals surface area contributed by atoms with Gasteiger partial charge in [0, 0.05) is 0 Å². The van der Waals surface area contributed by atoms with E-state index in [0.717, 1.165) is 0 Å². The molecule has 0 fully saturated rings. The molecule has 1 amide bonds. The number of amides is 1. The molecule has 19 heavy (non-hydrogen) atoms. The predicted octanol–water partition coefficient (Wildman–Crippen LogP) is -6.44. The van der Waals surface area contributed by atoms with Crippen LogP contribution in [-0.4, -0.2) is 62.1 Å². The summed E-state index contributed by atoms with van der Waals surface area (Å²) >= 11 is 0. The van der Waals surface area contributed by atoms with Crippen molar-refractivity contribution in [3.05, 3.63) is 0 Å². The molecule has 0 unspecified atom stereocenters. The molecule has 13 heteroatoms. The Hall–Kier alpha value is -0.0617.